The van der Waals surface area contributed by atoms with Crippen LogP contribution in [0.5, 0.6) is 11.5 Å². The Balaban J connectivity index is 1.62. The second-order valence-corrected chi connectivity index (χ2v) is 6.33. The Morgan fingerprint density at radius 3 is 2.19 bits per heavy atom. The summed E-state index contributed by atoms with van der Waals surface area (Å²) in [5, 5.41) is 0. The first kappa shape index (κ1) is 18.3. The fourth-order valence-corrected chi connectivity index (χ4v) is 3.21. The van der Waals surface area contributed by atoms with E-state index in [9.17, 15) is 4.79 Å². The number of hydrogen-bond acceptors (Lipinski definition) is 5. The number of benzene rings is 2. The maximum atomic E-state index is 12.3. The Labute approximate surface area is 153 Å². The molecule has 0 unspecified atom stereocenters. The van der Waals surface area contributed by atoms with Gasteiger partial charge in [-0.15, -0.1) is 0 Å². The molecule has 5 nitrogen and oxygen atoms in total. The first-order chi connectivity index (χ1) is 12.7. The number of carbonyl (C=O) groups is 1. The Kier molecular flexibility index (Phi) is 6.12. The highest BCUT2D eigenvalue weighted by Gasteiger charge is 2.35. The SMILES string of the molecule is COc1ccc(COC[C@@H]2CCOC(=O)[C@H]2c2ccc(OC)cc2)cc1. The van der Waals surface area contributed by atoms with Crippen molar-refractivity contribution in [1.29, 1.82) is 0 Å². The molecule has 0 spiro atoms. The van der Waals surface area contributed by atoms with Crippen molar-refractivity contribution in [2.24, 2.45) is 5.92 Å². The number of ether oxygens (including phenoxy) is 4. The van der Waals surface area contributed by atoms with Crippen molar-refractivity contribution in [2.45, 2.75) is 18.9 Å². The molecule has 2 aromatic rings. The van der Waals surface area contributed by atoms with Crippen LogP contribution in [-0.4, -0.2) is 33.4 Å². The van der Waals surface area contributed by atoms with E-state index in [1.165, 1.54) is 0 Å². The van der Waals surface area contributed by atoms with Gasteiger partial charge in [0.1, 0.15) is 11.5 Å². The molecule has 138 valence electrons. The predicted molar refractivity (Wildman–Crippen MR) is 97.5 cm³/mol. The van der Waals surface area contributed by atoms with Gasteiger partial charge in [-0.1, -0.05) is 24.3 Å². The van der Waals surface area contributed by atoms with Crippen molar-refractivity contribution in [1.82, 2.24) is 0 Å². The summed E-state index contributed by atoms with van der Waals surface area (Å²) < 4.78 is 21.5. The van der Waals surface area contributed by atoms with Crippen molar-refractivity contribution in [3.05, 3.63) is 59.7 Å². The zero-order chi connectivity index (χ0) is 18.4. The van der Waals surface area contributed by atoms with Crippen molar-refractivity contribution >= 4 is 5.97 Å². The number of methoxy groups -OCH3 is 2. The summed E-state index contributed by atoms with van der Waals surface area (Å²) >= 11 is 0. The van der Waals surface area contributed by atoms with Gasteiger partial charge in [-0.25, -0.2) is 0 Å². The van der Waals surface area contributed by atoms with Crippen LogP contribution in [0.25, 0.3) is 0 Å². The maximum absolute atomic E-state index is 12.3. The van der Waals surface area contributed by atoms with Crippen LogP contribution in [0.3, 0.4) is 0 Å². The molecule has 26 heavy (non-hydrogen) atoms. The molecule has 1 fully saturated rings. The Bertz CT molecular complexity index is 708. The van der Waals surface area contributed by atoms with Gasteiger partial charge in [0.2, 0.25) is 0 Å². The summed E-state index contributed by atoms with van der Waals surface area (Å²) in [6.45, 7) is 1.46. The van der Waals surface area contributed by atoms with Gasteiger partial charge in [0.05, 0.1) is 40.0 Å². The maximum Gasteiger partial charge on any atom is 0.313 e. The third-order valence-corrected chi connectivity index (χ3v) is 4.69. The van der Waals surface area contributed by atoms with E-state index >= 15 is 0 Å². The quantitative estimate of drug-likeness (QED) is 0.710. The highest BCUT2D eigenvalue weighted by Crippen LogP contribution is 2.33. The van der Waals surface area contributed by atoms with Crippen LogP contribution >= 0.6 is 0 Å². The standard InChI is InChI=1S/C21H24O5/c1-23-18-7-3-15(4-8-18)13-25-14-17-11-12-26-21(22)20(17)16-5-9-19(24-2)10-6-16/h3-10,17,20H,11-14H2,1-2H3/t17-,20-/m0/s1. The van der Waals surface area contributed by atoms with E-state index < -0.39 is 0 Å². The Morgan fingerprint density at radius 1 is 0.962 bits per heavy atom. The molecule has 2 aromatic carbocycles. The van der Waals surface area contributed by atoms with Crippen LogP contribution in [0, 0.1) is 5.92 Å². The predicted octanol–water partition coefficient (Wildman–Crippen LogP) is 3.57. The van der Waals surface area contributed by atoms with E-state index in [-0.39, 0.29) is 17.8 Å². The molecule has 3 rings (SSSR count). The number of cyclic esters (lactones) is 1. The summed E-state index contributed by atoms with van der Waals surface area (Å²) in [5.41, 5.74) is 2.01. The number of rotatable bonds is 7. The molecule has 2 atom stereocenters. The zero-order valence-corrected chi connectivity index (χ0v) is 15.1. The number of hydrogen-bond donors (Lipinski definition) is 0. The van der Waals surface area contributed by atoms with Gasteiger partial charge >= 0.3 is 5.97 Å². The minimum Gasteiger partial charge on any atom is -0.497 e. The van der Waals surface area contributed by atoms with Gasteiger partial charge < -0.3 is 18.9 Å². The monoisotopic (exact) mass is 356 g/mol. The lowest BCUT2D eigenvalue weighted by atomic mass is 9.83. The van der Waals surface area contributed by atoms with Crippen LogP contribution in [0.1, 0.15) is 23.5 Å². The largest absolute Gasteiger partial charge is 0.497 e. The summed E-state index contributed by atoms with van der Waals surface area (Å²) in [6.07, 6.45) is 0.797. The van der Waals surface area contributed by atoms with Crippen LogP contribution in [0.4, 0.5) is 0 Å². The molecule has 0 radical (unpaired) electrons. The Morgan fingerprint density at radius 2 is 1.58 bits per heavy atom. The minimum atomic E-state index is -0.300. The summed E-state index contributed by atoms with van der Waals surface area (Å²) in [5.74, 6) is 1.21. The molecular formula is C21H24O5. The van der Waals surface area contributed by atoms with Crippen molar-refractivity contribution in [3.8, 4) is 11.5 Å². The van der Waals surface area contributed by atoms with Crippen LogP contribution in [0.2, 0.25) is 0 Å². The number of carbonyl (C=O) groups excluding carboxylic acids is 1. The lowest BCUT2D eigenvalue weighted by Gasteiger charge is -2.30. The normalized spacial score (nSPS) is 19.7. The fraction of sp³-hybridized carbons (Fsp3) is 0.381. The topological polar surface area (TPSA) is 54.0 Å². The number of esters is 1. The summed E-state index contributed by atoms with van der Waals surface area (Å²) in [4.78, 5) is 12.3. The van der Waals surface area contributed by atoms with E-state index in [2.05, 4.69) is 0 Å². The zero-order valence-electron chi connectivity index (χ0n) is 15.1. The lowest BCUT2D eigenvalue weighted by molar-refractivity contribution is -0.153. The first-order valence-corrected chi connectivity index (χ1v) is 8.72. The van der Waals surface area contributed by atoms with Crippen molar-refractivity contribution in [3.63, 3.8) is 0 Å². The van der Waals surface area contributed by atoms with Gasteiger partial charge in [-0.2, -0.15) is 0 Å². The average molecular weight is 356 g/mol. The van der Waals surface area contributed by atoms with Gasteiger partial charge in [0, 0.05) is 5.92 Å². The molecule has 0 bridgehead atoms. The smallest absolute Gasteiger partial charge is 0.313 e. The molecule has 1 aliphatic rings. The molecule has 0 amide bonds. The minimum absolute atomic E-state index is 0.0999. The molecular weight excluding hydrogens is 332 g/mol. The lowest BCUT2D eigenvalue weighted by Crippen LogP contribution is -2.33. The molecule has 1 saturated heterocycles. The van der Waals surface area contributed by atoms with Gasteiger partial charge in [0.25, 0.3) is 0 Å². The molecule has 5 heteroatoms. The highest BCUT2D eigenvalue weighted by atomic mass is 16.5. The molecule has 0 aromatic heterocycles. The van der Waals surface area contributed by atoms with Gasteiger partial charge in [0.15, 0.2) is 0 Å². The van der Waals surface area contributed by atoms with Crippen molar-refractivity contribution in [2.75, 3.05) is 27.4 Å². The van der Waals surface area contributed by atoms with E-state index in [4.69, 9.17) is 18.9 Å². The summed E-state index contributed by atoms with van der Waals surface area (Å²) in [7, 11) is 3.27. The fourth-order valence-electron chi connectivity index (χ4n) is 3.21. The van der Waals surface area contributed by atoms with E-state index in [0.29, 0.717) is 19.8 Å². The second kappa shape index (κ2) is 8.72. The molecule has 0 aliphatic carbocycles. The van der Waals surface area contributed by atoms with Gasteiger partial charge in [-0.3, -0.25) is 4.79 Å². The average Bonchev–Trinajstić information content (AvgIpc) is 2.69. The second-order valence-electron chi connectivity index (χ2n) is 6.33. The van der Waals surface area contributed by atoms with E-state index in [0.717, 1.165) is 29.0 Å². The molecule has 0 N–H and O–H groups in total. The van der Waals surface area contributed by atoms with Crippen molar-refractivity contribution < 1.29 is 23.7 Å². The third-order valence-electron chi connectivity index (χ3n) is 4.69. The van der Waals surface area contributed by atoms with Crippen LogP contribution in [-0.2, 0) is 20.9 Å². The Hall–Kier alpha value is -2.53. The van der Waals surface area contributed by atoms with Crippen LogP contribution in [0.15, 0.2) is 48.5 Å². The van der Waals surface area contributed by atoms with Crippen LogP contribution < -0.4 is 9.47 Å². The van der Waals surface area contributed by atoms with E-state index in [1.54, 1.807) is 14.2 Å². The molecule has 0 saturated carbocycles. The first-order valence-electron chi connectivity index (χ1n) is 8.72. The highest BCUT2D eigenvalue weighted by molar-refractivity contribution is 5.79. The molecule has 1 aliphatic heterocycles. The third kappa shape index (κ3) is 4.35. The molecule has 1 heterocycles. The van der Waals surface area contributed by atoms with Gasteiger partial charge in [-0.05, 0) is 41.8 Å². The summed E-state index contributed by atoms with van der Waals surface area (Å²) in [6, 6.07) is 15.4. The van der Waals surface area contributed by atoms with E-state index in [1.807, 2.05) is 48.5 Å².